The van der Waals surface area contributed by atoms with Gasteiger partial charge in [-0.3, -0.25) is 9.59 Å². The third-order valence-electron chi connectivity index (χ3n) is 3.93. The second kappa shape index (κ2) is 8.76. The molecule has 138 valence electrons. The van der Waals surface area contributed by atoms with Crippen LogP contribution in [-0.2, 0) is 16.0 Å². The number of carbonyl (C=O) groups excluding carboxylic acids is 3. The Balaban J connectivity index is 2.00. The summed E-state index contributed by atoms with van der Waals surface area (Å²) < 4.78 is 5.29. The van der Waals surface area contributed by atoms with Crippen molar-refractivity contribution in [2.45, 2.75) is 46.6 Å². The van der Waals surface area contributed by atoms with Crippen LogP contribution >= 0.6 is 11.3 Å². The van der Waals surface area contributed by atoms with Gasteiger partial charge in [-0.2, -0.15) is 0 Å². The van der Waals surface area contributed by atoms with Gasteiger partial charge in [0.25, 0.3) is 5.91 Å². The number of carbonyl (C=O) groups is 3. The molecule has 0 spiro atoms. The standard InChI is InChI=1S/C20H23NO4S/c1-5-7-16-11-18(26-14(16)4)20(24)25-13(3)19(23)21-17-9-6-8-15(10-17)12(2)22/h6,8-11,13H,5,7H2,1-4H3,(H,21,23)/t13-/m0/s1. The number of anilines is 1. The van der Waals surface area contributed by atoms with Crippen molar-refractivity contribution >= 4 is 34.7 Å². The molecule has 2 aromatic rings. The molecule has 0 aliphatic heterocycles. The topological polar surface area (TPSA) is 72.5 Å². The summed E-state index contributed by atoms with van der Waals surface area (Å²) in [6.07, 6.45) is 0.975. The number of benzene rings is 1. The minimum absolute atomic E-state index is 0.0866. The number of amides is 1. The Kier molecular flexibility index (Phi) is 6.69. The molecule has 5 nitrogen and oxygen atoms in total. The molecule has 0 radical (unpaired) electrons. The van der Waals surface area contributed by atoms with Crippen LogP contribution in [0.15, 0.2) is 30.3 Å². The van der Waals surface area contributed by atoms with Gasteiger partial charge in [0, 0.05) is 16.1 Å². The zero-order valence-corrected chi connectivity index (χ0v) is 16.2. The van der Waals surface area contributed by atoms with Crippen molar-refractivity contribution in [2.75, 3.05) is 5.32 Å². The number of Topliss-reactive ketones (excluding diaryl/α,β-unsaturated/α-hetero) is 1. The van der Waals surface area contributed by atoms with E-state index in [1.807, 2.05) is 13.0 Å². The lowest BCUT2D eigenvalue weighted by Gasteiger charge is -2.13. The third-order valence-corrected chi connectivity index (χ3v) is 5.00. The van der Waals surface area contributed by atoms with Crippen LogP contribution in [0.5, 0.6) is 0 Å². The molecule has 0 saturated carbocycles. The Labute approximate surface area is 157 Å². The molecule has 1 aromatic carbocycles. The second-order valence-electron chi connectivity index (χ2n) is 6.12. The van der Waals surface area contributed by atoms with Gasteiger partial charge in [-0.05, 0) is 51.0 Å². The number of nitrogens with one attached hydrogen (secondary N) is 1. The van der Waals surface area contributed by atoms with Gasteiger partial charge in [-0.25, -0.2) is 4.79 Å². The maximum Gasteiger partial charge on any atom is 0.349 e. The summed E-state index contributed by atoms with van der Waals surface area (Å²) >= 11 is 1.38. The molecule has 1 heterocycles. The van der Waals surface area contributed by atoms with E-state index in [-0.39, 0.29) is 5.78 Å². The molecule has 0 bridgehead atoms. The lowest BCUT2D eigenvalue weighted by Crippen LogP contribution is -2.29. The summed E-state index contributed by atoms with van der Waals surface area (Å²) in [6.45, 7) is 7.05. The van der Waals surface area contributed by atoms with Gasteiger partial charge in [-0.15, -0.1) is 11.3 Å². The summed E-state index contributed by atoms with van der Waals surface area (Å²) in [5.74, 6) is -1.03. The Hall–Kier alpha value is -2.47. The number of aryl methyl sites for hydroxylation is 2. The highest BCUT2D eigenvalue weighted by Crippen LogP contribution is 2.24. The molecule has 1 N–H and O–H groups in total. The van der Waals surface area contributed by atoms with Gasteiger partial charge in [0.05, 0.1) is 0 Å². The number of hydrogen-bond donors (Lipinski definition) is 1. The lowest BCUT2D eigenvalue weighted by atomic mass is 10.1. The zero-order valence-electron chi connectivity index (χ0n) is 15.4. The fourth-order valence-corrected chi connectivity index (χ4v) is 3.42. The fraction of sp³-hybridized carbons (Fsp3) is 0.350. The van der Waals surface area contributed by atoms with Gasteiger partial charge in [0.1, 0.15) is 4.88 Å². The molecular formula is C20H23NO4S. The highest BCUT2D eigenvalue weighted by atomic mass is 32.1. The van der Waals surface area contributed by atoms with Crippen LogP contribution in [0.3, 0.4) is 0 Å². The molecule has 1 aromatic heterocycles. The first-order valence-corrected chi connectivity index (χ1v) is 9.35. The maximum absolute atomic E-state index is 12.3. The first-order valence-electron chi connectivity index (χ1n) is 8.54. The molecule has 6 heteroatoms. The number of hydrogen-bond acceptors (Lipinski definition) is 5. The molecule has 1 amide bonds. The van der Waals surface area contributed by atoms with E-state index in [1.54, 1.807) is 24.3 Å². The molecule has 0 unspecified atom stereocenters. The van der Waals surface area contributed by atoms with Crippen molar-refractivity contribution in [2.24, 2.45) is 0 Å². The minimum atomic E-state index is -0.944. The predicted octanol–water partition coefficient (Wildman–Crippen LogP) is 4.40. The van der Waals surface area contributed by atoms with E-state index in [9.17, 15) is 14.4 Å². The van der Waals surface area contributed by atoms with Crippen LogP contribution in [0.25, 0.3) is 0 Å². The third kappa shape index (κ3) is 5.02. The second-order valence-corrected chi connectivity index (χ2v) is 7.37. The van der Waals surface area contributed by atoms with E-state index >= 15 is 0 Å². The first kappa shape index (κ1) is 19.8. The van der Waals surface area contributed by atoms with Gasteiger partial charge >= 0.3 is 5.97 Å². The number of rotatable bonds is 7. The minimum Gasteiger partial charge on any atom is -0.448 e. The Bertz CT molecular complexity index is 825. The lowest BCUT2D eigenvalue weighted by molar-refractivity contribution is -0.123. The molecule has 0 aliphatic carbocycles. The normalized spacial score (nSPS) is 11.7. The Morgan fingerprint density at radius 2 is 1.96 bits per heavy atom. The molecule has 2 rings (SSSR count). The van der Waals surface area contributed by atoms with Crippen molar-refractivity contribution < 1.29 is 19.1 Å². The highest BCUT2D eigenvalue weighted by molar-refractivity contribution is 7.14. The van der Waals surface area contributed by atoms with Crippen LogP contribution in [0.1, 0.15) is 57.7 Å². The van der Waals surface area contributed by atoms with Gasteiger partial charge in [-0.1, -0.05) is 25.5 Å². The first-order chi connectivity index (χ1) is 12.3. The van der Waals surface area contributed by atoms with Crippen LogP contribution in [0.4, 0.5) is 5.69 Å². The molecule has 1 atom stereocenters. The summed E-state index contributed by atoms with van der Waals surface area (Å²) in [5, 5.41) is 2.67. The van der Waals surface area contributed by atoms with E-state index in [2.05, 4.69) is 12.2 Å². The van der Waals surface area contributed by atoms with Crippen molar-refractivity contribution in [3.8, 4) is 0 Å². The number of ether oxygens (including phenoxy) is 1. The number of thiophene rings is 1. The number of ketones is 1. The van der Waals surface area contributed by atoms with Crippen LogP contribution < -0.4 is 5.32 Å². The molecular weight excluding hydrogens is 350 g/mol. The molecule has 0 fully saturated rings. The summed E-state index contributed by atoms with van der Waals surface area (Å²) in [4.78, 5) is 37.6. The van der Waals surface area contributed by atoms with Gasteiger partial charge in [0.15, 0.2) is 11.9 Å². The molecule has 0 saturated heterocycles. The SMILES string of the molecule is CCCc1cc(C(=O)O[C@@H](C)C(=O)Nc2cccc(C(C)=O)c2)sc1C. The monoisotopic (exact) mass is 373 g/mol. The maximum atomic E-state index is 12.3. The zero-order chi connectivity index (χ0) is 19.3. The van der Waals surface area contributed by atoms with Gasteiger partial charge < -0.3 is 10.1 Å². The average Bonchev–Trinajstić information content (AvgIpc) is 2.96. The van der Waals surface area contributed by atoms with E-state index < -0.39 is 18.0 Å². The summed E-state index contributed by atoms with van der Waals surface area (Å²) in [5.41, 5.74) is 2.13. The van der Waals surface area contributed by atoms with E-state index in [0.717, 1.165) is 23.3 Å². The van der Waals surface area contributed by atoms with Crippen molar-refractivity contribution in [1.82, 2.24) is 0 Å². The predicted molar refractivity (Wildman–Crippen MR) is 103 cm³/mol. The van der Waals surface area contributed by atoms with Crippen molar-refractivity contribution in [3.63, 3.8) is 0 Å². The smallest absolute Gasteiger partial charge is 0.349 e. The van der Waals surface area contributed by atoms with Crippen molar-refractivity contribution in [1.29, 1.82) is 0 Å². The molecule has 26 heavy (non-hydrogen) atoms. The quantitative estimate of drug-likeness (QED) is 0.577. The Morgan fingerprint density at radius 3 is 2.62 bits per heavy atom. The highest BCUT2D eigenvalue weighted by Gasteiger charge is 2.21. The van der Waals surface area contributed by atoms with Crippen LogP contribution in [-0.4, -0.2) is 23.8 Å². The van der Waals surface area contributed by atoms with Crippen LogP contribution in [0.2, 0.25) is 0 Å². The summed E-state index contributed by atoms with van der Waals surface area (Å²) in [7, 11) is 0. The Morgan fingerprint density at radius 1 is 1.23 bits per heavy atom. The van der Waals surface area contributed by atoms with Gasteiger partial charge in [0.2, 0.25) is 0 Å². The number of esters is 1. The molecule has 0 aliphatic rings. The largest absolute Gasteiger partial charge is 0.448 e. The van der Waals surface area contributed by atoms with E-state index in [0.29, 0.717) is 16.1 Å². The average molecular weight is 373 g/mol. The summed E-state index contributed by atoms with van der Waals surface area (Å²) in [6, 6.07) is 8.47. The fourth-order valence-electron chi connectivity index (χ4n) is 2.47. The van der Waals surface area contributed by atoms with E-state index in [1.165, 1.54) is 25.2 Å². The van der Waals surface area contributed by atoms with E-state index in [4.69, 9.17) is 4.74 Å². The van der Waals surface area contributed by atoms with Crippen molar-refractivity contribution in [3.05, 3.63) is 51.2 Å². The van der Waals surface area contributed by atoms with Crippen LogP contribution in [0, 0.1) is 6.92 Å².